The molecule has 0 fully saturated rings. The monoisotopic (exact) mass is 495 g/mol. The van der Waals surface area contributed by atoms with Crippen LogP contribution in [0.3, 0.4) is 0 Å². The molecule has 1 aromatic carbocycles. The topological polar surface area (TPSA) is 110 Å². The van der Waals surface area contributed by atoms with Crippen LogP contribution in [0.4, 0.5) is 11.4 Å². The van der Waals surface area contributed by atoms with E-state index in [0.717, 1.165) is 13.0 Å². The fourth-order valence-corrected chi connectivity index (χ4v) is 2.10. The predicted molar refractivity (Wildman–Crippen MR) is 118 cm³/mol. The van der Waals surface area contributed by atoms with Crippen LogP contribution in [0.2, 0.25) is 0 Å². The molecule has 0 aliphatic rings. The molecule has 0 bridgehead atoms. The highest BCUT2D eigenvalue weighted by molar-refractivity contribution is 14.0. The Morgan fingerprint density at radius 1 is 1.19 bits per heavy atom. The highest BCUT2D eigenvalue weighted by Crippen LogP contribution is 2.22. The maximum atomic E-state index is 11.0. The van der Waals surface area contributed by atoms with Gasteiger partial charge in [0.1, 0.15) is 5.69 Å². The second-order valence-corrected chi connectivity index (χ2v) is 5.35. The molecule has 1 aromatic rings. The number of halogens is 1. The highest BCUT2D eigenvalue weighted by Gasteiger charge is 2.11. The molecular weight excluding hydrogens is 465 g/mol. The van der Waals surface area contributed by atoms with E-state index in [9.17, 15) is 10.1 Å². The van der Waals surface area contributed by atoms with Crippen LogP contribution >= 0.6 is 24.0 Å². The Hall–Kier alpha value is -1.66. The van der Waals surface area contributed by atoms with E-state index in [1.807, 2.05) is 6.92 Å². The lowest BCUT2D eigenvalue weighted by atomic mass is 10.2. The van der Waals surface area contributed by atoms with E-state index in [1.165, 1.54) is 6.07 Å². The number of aliphatic imine (C=N–C) groups is 1. The molecular formula is C17H30IN5O4. The molecule has 9 nitrogen and oxygen atoms in total. The van der Waals surface area contributed by atoms with Crippen molar-refractivity contribution in [3.8, 4) is 0 Å². The molecule has 0 saturated heterocycles. The van der Waals surface area contributed by atoms with Crippen LogP contribution in [0.15, 0.2) is 29.3 Å². The first-order valence-corrected chi connectivity index (χ1v) is 8.75. The van der Waals surface area contributed by atoms with Crippen molar-refractivity contribution in [2.24, 2.45) is 4.99 Å². The number of methoxy groups -OCH3 is 1. The van der Waals surface area contributed by atoms with Crippen molar-refractivity contribution >= 4 is 41.3 Å². The van der Waals surface area contributed by atoms with Crippen LogP contribution in [0, 0.1) is 10.1 Å². The Balaban J connectivity index is 0.00000676. The standard InChI is InChI=1S/C17H29N5O4.HI/c1-3-18-17(20-9-6-12-26-14-13-25-2)21-11-10-19-15-7-4-5-8-16(15)22(23)24;/h4-5,7-8,19H,3,6,9-14H2,1-2H3,(H2,18,20,21);1H. The zero-order chi connectivity index (χ0) is 19.0. The molecule has 0 aliphatic carbocycles. The first-order valence-electron chi connectivity index (χ1n) is 8.75. The summed E-state index contributed by atoms with van der Waals surface area (Å²) in [5.74, 6) is 0.716. The lowest BCUT2D eigenvalue weighted by molar-refractivity contribution is -0.384. The first-order chi connectivity index (χ1) is 12.7. The summed E-state index contributed by atoms with van der Waals surface area (Å²) in [4.78, 5) is 15.1. The van der Waals surface area contributed by atoms with Gasteiger partial charge in [-0.05, 0) is 19.4 Å². The summed E-state index contributed by atoms with van der Waals surface area (Å²) >= 11 is 0. The second-order valence-electron chi connectivity index (χ2n) is 5.35. The van der Waals surface area contributed by atoms with E-state index in [1.54, 1.807) is 25.3 Å². The van der Waals surface area contributed by atoms with Crippen LogP contribution in [-0.4, -0.2) is 64.0 Å². The second kappa shape index (κ2) is 16.5. The molecule has 0 heterocycles. The van der Waals surface area contributed by atoms with Gasteiger partial charge in [0.2, 0.25) is 0 Å². The Labute approximate surface area is 177 Å². The highest BCUT2D eigenvalue weighted by atomic mass is 127. The molecule has 0 saturated carbocycles. The maximum Gasteiger partial charge on any atom is 0.292 e. The number of benzene rings is 1. The minimum Gasteiger partial charge on any atom is -0.382 e. The number of nitro benzene ring substituents is 1. The molecule has 0 amide bonds. The SMILES string of the molecule is CCNC(=NCCCOCCOC)NCCNc1ccccc1[N+](=O)[O-].I. The zero-order valence-corrected chi connectivity index (χ0v) is 18.2. The number of rotatable bonds is 13. The first kappa shape index (κ1) is 25.3. The smallest absolute Gasteiger partial charge is 0.292 e. The Bertz CT molecular complexity index is 560. The van der Waals surface area contributed by atoms with Gasteiger partial charge >= 0.3 is 0 Å². The number of guanidine groups is 1. The van der Waals surface area contributed by atoms with E-state index >= 15 is 0 Å². The van der Waals surface area contributed by atoms with Crippen molar-refractivity contribution in [1.82, 2.24) is 10.6 Å². The summed E-state index contributed by atoms with van der Waals surface area (Å²) in [6.07, 6.45) is 0.828. The molecule has 154 valence electrons. The molecule has 3 N–H and O–H groups in total. The van der Waals surface area contributed by atoms with E-state index in [4.69, 9.17) is 9.47 Å². The molecule has 0 radical (unpaired) electrons. The van der Waals surface area contributed by atoms with Gasteiger partial charge in [0.05, 0.1) is 18.1 Å². The molecule has 0 atom stereocenters. The zero-order valence-electron chi connectivity index (χ0n) is 15.9. The number of hydrogen-bond donors (Lipinski definition) is 3. The number of hydrogen-bond acceptors (Lipinski definition) is 6. The maximum absolute atomic E-state index is 11.0. The lowest BCUT2D eigenvalue weighted by Gasteiger charge is -2.12. The summed E-state index contributed by atoms with van der Waals surface area (Å²) in [7, 11) is 1.65. The van der Waals surface area contributed by atoms with Gasteiger partial charge in [-0.1, -0.05) is 12.1 Å². The number of ether oxygens (including phenoxy) is 2. The number of anilines is 1. The summed E-state index contributed by atoms with van der Waals surface area (Å²) in [5.41, 5.74) is 0.580. The average Bonchev–Trinajstić information content (AvgIpc) is 2.64. The Morgan fingerprint density at radius 3 is 2.67 bits per heavy atom. The minimum absolute atomic E-state index is 0. The summed E-state index contributed by atoms with van der Waals surface area (Å²) in [6.45, 7) is 6.36. The molecule has 0 unspecified atom stereocenters. The quantitative estimate of drug-likeness (QED) is 0.0962. The Kier molecular flexibility index (Phi) is 15.5. The van der Waals surface area contributed by atoms with Gasteiger partial charge in [-0.15, -0.1) is 24.0 Å². The summed E-state index contributed by atoms with van der Waals surface area (Å²) < 4.78 is 10.3. The number of nitrogens with zero attached hydrogens (tertiary/aromatic N) is 2. The lowest BCUT2D eigenvalue weighted by Crippen LogP contribution is -2.39. The van der Waals surface area contributed by atoms with Crippen LogP contribution < -0.4 is 16.0 Å². The van der Waals surface area contributed by atoms with E-state index in [0.29, 0.717) is 51.1 Å². The third-order valence-electron chi connectivity index (χ3n) is 3.33. The fraction of sp³-hybridized carbons (Fsp3) is 0.588. The van der Waals surface area contributed by atoms with Crippen molar-refractivity contribution in [3.63, 3.8) is 0 Å². The predicted octanol–water partition coefficient (Wildman–Crippen LogP) is 2.23. The normalized spacial score (nSPS) is 10.8. The fourth-order valence-electron chi connectivity index (χ4n) is 2.10. The molecule has 0 aliphatic heterocycles. The third kappa shape index (κ3) is 11.6. The Morgan fingerprint density at radius 2 is 1.96 bits per heavy atom. The van der Waals surface area contributed by atoms with Gasteiger partial charge in [0, 0.05) is 46.0 Å². The molecule has 0 spiro atoms. The molecule has 1 rings (SSSR count). The van der Waals surface area contributed by atoms with Crippen molar-refractivity contribution in [2.45, 2.75) is 13.3 Å². The average molecular weight is 495 g/mol. The van der Waals surface area contributed by atoms with Crippen LogP contribution in [-0.2, 0) is 9.47 Å². The summed E-state index contributed by atoms with van der Waals surface area (Å²) in [6, 6.07) is 6.59. The van der Waals surface area contributed by atoms with Crippen LogP contribution in [0.5, 0.6) is 0 Å². The van der Waals surface area contributed by atoms with Crippen LogP contribution in [0.25, 0.3) is 0 Å². The number of para-hydroxylation sites is 2. The van der Waals surface area contributed by atoms with Gasteiger partial charge in [0.15, 0.2) is 5.96 Å². The third-order valence-corrected chi connectivity index (χ3v) is 3.33. The van der Waals surface area contributed by atoms with Gasteiger partial charge in [-0.2, -0.15) is 0 Å². The van der Waals surface area contributed by atoms with Gasteiger partial charge < -0.3 is 25.4 Å². The van der Waals surface area contributed by atoms with Crippen molar-refractivity contribution in [2.75, 3.05) is 58.4 Å². The van der Waals surface area contributed by atoms with Gasteiger partial charge in [0.25, 0.3) is 5.69 Å². The number of nitrogens with one attached hydrogen (secondary N) is 3. The molecule has 27 heavy (non-hydrogen) atoms. The van der Waals surface area contributed by atoms with Crippen molar-refractivity contribution < 1.29 is 14.4 Å². The van der Waals surface area contributed by atoms with Gasteiger partial charge in [-0.3, -0.25) is 15.1 Å². The van der Waals surface area contributed by atoms with E-state index in [2.05, 4.69) is 20.9 Å². The van der Waals surface area contributed by atoms with Crippen molar-refractivity contribution in [1.29, 1.82) is 0 Å². The summed E-state index contributed by atoms with van der Waals surface area (Å²) in [5, 5.41) is 20.4. The largest absolute Gasteiger partial charge is 0.382 e. The molecule has 0 aromatic heterocycles. The minimum atomic E-state index is -0.393. The molecule has 10 heteroatoms. The van der Waals surface area contributed by atoms with Crippen molar-refractivity contribution in [3.05, 3.63) is 34.4 Å². The van der Waals surface area contributed by atoms with E-state index in [-0.39, 0.29) is 29.7 Å². The van der Waals surface area contributed by atoms with Crippen LogP contribution in [0.1, 0.15) is 13.3 Å². The van der Waals surface area contributed by atoms with E-state index < -0.39 is 4.92 Å². The number of nitro groups is 1. The van der Waals surface area contributed by atoms with Gasteiger partial charge in [-0.25, -0.2) is 0 Å².